The molecule has 8 nitrogen and oxygen atoms in total. The summed E-state index contributed by atoms with van der Waals surface area (Å²) in [5.41, 5.74) is 0.551. The molecule has 0 saturated carbocycles. The lowest BCUT2D eigenvalue weighted by Crippen LogP contribution is -2.24. The van der Waals surface area contributed by atoms with E-state index in [-0.39, 0.29) is 24.0 Å². The minimum atomic E-state index is -2.76. The van der Waals surface area contributed by atoms with Gasteiger partial charge >= 0.3 is 5.97 Å². The standard InChI is InChI=1S/C16H16F2N6O2S/c1-2-26-16(25)9-8-27-15(19-9)10-4-3-7-23(10)12-6-5-11-20-21-14(13(17)18)24(11)22-12/h5-6,8,10,13H,2-4,7H2,1H3. The molecule has 0 N–H and O–H groups in total. The summed E-state index contributed by atoms with van der Waals surface area (Å²) in [6.07, 6.45) is -1.02. The van der Waals surface area contributed by atoms with Gasteiger partial charge in [-0.25, -0.2) is 18.6 Å². The van der Waals surface area contributed by atoms with E-state index in [1.165, 1.54) is 11.3 Å². The lowest BCUT2D eigenvalue weighted by Gasteiger charge is -2.24. The summed E-state index contributed by atoms with van der Waals surface area (Å²) >= 11 is 1.38. The van der Waals surface area contributed by atoms with Crippen LogP contribution in [0, 0.1) is 0 Å². The zero-order chi connectivity index (χ0) is 19.0. The van der Waals surface area contributed by atoms with Crippen LogP contribution in [0.25, 0.3) is 5.65 Å². The van der Waals surface area contributed by atoms with E-state index in [9.17, 15) is 13.6 Å². The summed E-state index contributed by atoms with van der Waals surface area (Å²) in [4.78, 5) is 18.3. The average molecular weight is 394 g/mol. The maximum Gasteiger partial charge on any atom is 0.357 e. The van der Waals surface area contributed by atoms with E-state index >= 15 is 0 Å². The maximum atomic E-state index is 13.1. The van der Waals surface area contributed by atoms with E-state index in [4.69, 9.17) is 4.74 Å². The number of ether oxygens (including phenoxy) is 1. The van der Waals surface area contributed by atoms with Crippen molar-refractivity contribution in [3.05, 3.63) is 34.0 Å². The third-order valence-electron chi connectivity index (χ3n) is 4.31. The number of alkyl halides is 2. The molecule has 0 bridgehead atoms. The minimum absolute atomic E-state index is 0.0744. The van der Waals surface area contributed by atoms with Gasteiger partial charge in [-0.3, -0.25) is 0 Å². The van der Waals surface area contributed by atoms with Crippen LogP contribution in [0.4, 0.5) is 14.6 Å². The Hall–Kier alpha value is -2.69. The topological polar surface area (TPSA) is 85.5 Å². The first-order valence-electron chi connectivity index (χ1n) is 8.48. The number of halogens is 2. The third-order valence-corrected chi connectivity index (χ3v) is 5.25. The van der Waals surface area contributed by atoms with E-state index in [0.29, 0.717) is 12.4 Å². The molecule has 142 valence electrons. The molecule has 1 saturated heterocycles. The Morgan fingerprint density at radius 3 is 3.04 bits per heavy atom. The number of carbonyl (C=O) groups is 1. The molecular formula is C16H16F2N6O2S. The van der Waals surface area contributed by atoms with Gasteiger partial charge < -0.3 is 9.64 Å². The van der Waals surface area contributed by atoms with Crippen LogP contribution >= 0.6 is 11.3 Å². The van der Waals surface area contributed by atoms with Gasteiger partial charge in [-0.2, -0.15) is 4.52 Å². The molecule has 11 heteroatoms. The summed E-state index contributed by atoms with van der Waals surface area (Å²) in [6.45, 7) is 2.74. The van der Waals surface area contributed by atoms with Gasteiger partial charge in [0.15, 0.2) is 11.3 Å². The smallest absolute Gasteiger partial charge is 0.357 e. The van der Waals surface area contributed by atoms with Crippen LogP contribution in [0.1, 0.15) is 53.6 Å². The van der Waals surface area contributed by atoms with Crippen LogP contribution in [0.2, 0.25) is 0 Å². The number of fused-ring (bicyclic) bond motifs is 1. The van der Waals surface area contributed by atoms with Crippen molar-refractivity contribution in [3.8, 4) is 0 Å². The van der Waals surface area contributed by atoms with Gasteiger partial charge in [0.2, 0.25) is 5.82 Å². The van der Waals surface area contributed by atoms with Crippen LogP contribution in [-0.2, 0) is 4.74 Å². The fourth-order valence-corrected chi connectivity index (χ4v) is 4.06. The second kappa shape index (κ2) is 7.14. The summed E-state index contributed by atoms with van der Waals surface area (Å²) in [5.74, 6) is -0.392. The zero-order valence-corrected chi connectivity index (χ0v) is 15.2. The van der Waals surface area contributed by atoms with Crippen LogP contribution in [0.5, 0.6) is 0 Å². The molecule has 3 aromatic rings. The highest BCUT2D eigenvalue weighted by Crippen LogP contribution is 2.36. The first kappa shape index (κ1) is 17.7. The summed E-state index contributed by atoms with van der Waals surface area (Å²) in [6, 6.07) is 3.27. The normalized spacial score (nSPS) is 17.2. The predicted molar refractivity (Wildman–Crippen MR) is 93.1 cm³/mol. The summed E-state index contributed by atoms with van der Waals surface area (Å²) in [7, 11) is 0. The highest BCUT2D eigenvalue weighted by molar-refractivity contribution is 7.10. The molecule has 4 heterocycles. The molecule has 1 atom stereocenters. The number of hydrogen-bond acceptors (Lipinski definition) is 8. The van der Waals surface area contributed by atoms with Crippen molar-refractivity contribution in [1.29, 1.82) is 0 Å². The molecular weight excluding hydrogens is 378 g/mol. The maximum absolute atomic E-state index is 13.1. The molecule has 1 aliphatic rings. The Bertz CT molecular complexity index is 975. The van der Waals surface area contributed by atoms with E-state index in [0.717, 1.165) is 22.4 Å². The second-order valence-electron chi connectivity index (χ2n) is 5.96. The van der Waals surface area contributed by atoms with E-state index in [2.05, 4.69) is 20.3 Å². The van der Waals surface area contributed by atoms with E-state index in [1.54, 1.807) is 24.4 Å². The lowest BCUT2D eigenvalue weighted by atomic mass is 10.2. The molecule has 4 rings (SSSR count). The van der Waals surface area contributed by atoms with Crippen molar-refractivity contribution in [2.75, 3.05) is 18.1 Å². The number of thiazole rings is 1. The Morgan fingerprint density at radius 2 is 2.26 bits per heavy atom. The van der Waals surface area contributed by atoms with Gasteiger partial charge in [-0.15, -0.1) is 26.6 Å². The monoisotopic (exact) mass is 394 g/mol. The van der Waals surface area contributed by atoms with Gasteiger partial charge in [-0.05, 0) is 31.9 Å². The quantitative estimate of drug-likeness (QED) is 0.615. The molecule has 0 amide bonds. The van der Waals surface area contributed by atoms with Crippen molar-refractivity contribution in [2.45, 2.75) is 32.2 Å². The highest BCUT2D eigenvalue weighted by Gasteiger charge is 2.31. The van der Waals surface area contributed by atoms with Crippen molar-refractivity contribution in [2.24, 2.45) is 0 Å². The van der Waals surface area contributed by atoms with E-state index < -0.39 is 18.2 Å². The first-order chi connectivity index (χ1) is 13.1. The van der Waals surface area contributed by atoms with Crippen LogP contribution < -0.4 is 4.90 Å². The fourth-order valence-electron chi connectivity index (χ4n) is 3.12. The second-order valence-corrected chi connectivity index (χ2v) is 6.85. The van der Waals surface area contributed by atoms with Crippen LogP contribution in [0.15, 0.2) is 17.5 Å². The zero-order valence-electron chi connectivity index (χ0n) is 14.4. The first-order valence-corrected chi connectivity index (χ1v) is 9.36. The van der Waals surface area contributed by atoms with Gasteiger partial charge in [0.25, 0.3) is 6.43 Å². The summed E-state index contributed by atoms with van der Waals surface area (Å²) in [5, 5.41) is 14.0. The van der Waals surface area contributed by atoms with Crippen molar-refractivity contribution in [3.63, 3.8) is 0 Å². The Kier molecular flexibility index (Phi) is 4.68. The molecule has 0 aliphatic carbocycles. The largest absolute Gasteiger partial charge is 0.461 e. The van der Waals surface area contributed by atoms with Crippen molar-refractivity contribution in [1.82, 2.24) is 24.8 Å². The minimum Gasteiger partial charge on any atom is -0.461 e. The van der Waals surface area contributed by atoms with Crippen LogP contribution in [-0.4, -0.2) is 43.9 Å². The SMILES string of the molecule is CCOC(=O)c1csc(C2CCCN2c2ccc3nnc(C(F)F)n3n2)n1. The molecule has 1 unspecified atom stereocenters. The van der Waals surface area contributed by atoms with Crippen LogP contribution in [0.3, 0.4) is 0 Å². The Balaban J connectivity index is 1.64. The van der Waals surface area contributed by atoms with Crippen molar-refractivity contribution < 1.29 is 18.3 Å². The molecule has 0 spiro atoms. The van der Waals surface area contributed by atoms with Gasteiger partial charge in [0, 0.05) is 11.9 Å². The Labute approximate surface area is 156 Å². The van der Waals surface area contributed by atoms with Crippen molar-refractivity contribution >= 4 is 28.8 Å². The number of esters is 1. The molecule has 1 aliphatic heterocycles. The molecule has 27 heavy (non-hydrogen) atoms. The van der Waals surface area contributed by atoms with E-state index in [1.807, 2.05) is 4.90 Å². The predicted octanol–water partition coefficient (Wildman–Crippen LogP) is 3.04. The summed E-state index contributed by atoms with van der Waals surface area (Å²) < 4.78 is 32.2. The fraction of sp³-hybridized carbons (Fsp3) is 0.438. The number of aromatic nitrogens is 5. The van der Waals surface area contributed by atoms with Gasteiger partial charge in [0.1, 0.15) is 10.8 Å². The van der Waals surface area contributed by atoms with Gasteiger partial charge in [0.05, 0.1) is 12.6 Å². The van der Waals surface area contributed by atoms with Gasteiger partial charge in [-0.1, -0.05) is 0 Å². The Morgan fingerprint density at radius 1 is 1.41 bits per heavy atom. The lowest BCUT2D eigenvalue weighted by molar-refractivity contribution is 0.0520. The highest BCUT2D eigenvalue weighted by atomic mass is 32.1. The molecule has 0 radical (unpaired) electrons. The number of carbonyl (C=O) groups excluding carboxylic acids is 1. The molecule has 3 aromatic heterocycles. The number of nitrogens with zero attached hydrogens (tertiary/aromatic N) is 6. The number of hydrogen-bond donors (Lipinski definition) is 0. The molecule has 1 fully saturated rings. The molecule has 0 aromatic carbocycles. The average Bonchev–Trinajstić information content (AvgIpc) is 3.38. The number of rotatable bonds is 5. The third kappa shape index (κ3) is 3.22. The number of anilines is 1.